The van der Waals surface area contributed by atoms with Crippen LogP contribution in [0.1, 0.15) is 64.7 Å². The highest BCUT2D eigenvalue weighted by Gasteiger charge is 2.40. The molecule has 0 amide bonds. The first kappa shape index (κ1) is 25.1. The number of unbranched alkanes of at least 4 members (excludes halogenated alkanes) is 7. The van der Waals surface area contributed by atoms with Gasteiger partial charge in [-0.15, -0.1) is 0 Å². The molecule has 0 aromatic carbocycles. The van der Waals surface area contributed by atoms with E-state index in [1.807, 2.05) is 0 Å². The molecule has 0 aromatic heterocycles. The molecule has 0 aromatic rings. The van der Waals surface area contributed by atoms with Gasteiger partial charge >= 0.3 is 12.1 Å². The van der Waals surface area contributed by atoms with E-state index >= 15 is 0 Å². The molecular formula is C17H32F3NO5. The molecule has 1 aliphatic heterocycles. The van der Waals surface area contributed by atoms with Crippen LogP contribution in [0.4, 0.5) is 13.2 Å². The lowest BCUT2D eigenvalue weighted by Crippen LogP contribution is -2.36. The number of hydrogen-bond acceptors (Lipinski definition) is 5. The van der Waals surface area contributed by atoms with Crippen molar-refractivity contribution in [2.75, 3.05) is 6.61 Å². The minimum Gasteiger partial charge on any atom is -0.475 e. The van der Waals surface area contributed by atoms with Crippen LogP contribution in [-0.2, 0) is 4.79 Å². The van der Waals surface area contributed by atoms with E-state index in [9.17, 15) is 23.4 Å². The van der Waals surface area contributed by atoms with Crippen molar-refractivity contribution in [2.45, 2.75) is 95.2 Å². The Labute approximate surface area is 152 Å². The summed E-state index contributed by atoms with van der Waals surface area (Å²) < 4.78 is 31.7. The highest BCUT2D eigenvalue weighted by atomic mass is 19.4. The summed E-state index contributed by atoms with van der Waals surface area (Å²) in [5.74, 6) is -2.76. The van der Waals surface area contributed by atoms with Crippen LogP contribution in [-0.4, -0.2) is 63.5 Å². The first-order valence-corrected chi connectivity index (χ1v) is 9.18. The zero-order chi connectivity index (χ0) is 20.2. The second-order valence-corrected chi connectivity index (χ2v) is 6.61. The third-order valence-electron chi connectivity index (χ3n) is 4.41. The molecule has 5 N–H and O–H groups in total. The maximum Gasteiger partial charge on any atom is 0.490 e. The average molecular weight is 387 g/mol. The molecule has 4 atom stereocenters. The molecule has 0 radical (unpaired) electrons. The monoisotopic (exact) mass is 387 g/mol. The Morgan fingerprint density at radius 1 is 0.923 bits per heavy atom. The Morgan fingerprint density at radius 3 is 1.73 bits per heavy atom. The molecule has 6 nitrogen and oxygen atoms in total. The van der Waals surface area contributed by atoms with Crippen LogP contribution < -0.4 is 5.32 Å². The van der Waals surface area contributed by atoms with Gasteiger partial charge in [0.1, 0.15) is 0 Å². The van der Waals surface area contributed by atoms with E-state index < -0.39 is 24.4 Å². The van der Waals surface area contributed by atoms with Gasteiger partial charge in [-0.1, -0.05) is 58.3 Å². The van der Waals surface area contributed by atoms with Crippen LogP contribution in [0.25, 0.3) is 0 Å². The minimum absolute atomic E-state index is 0.0627. The van der Waals surface area contributed by atoms with E-state index in [0.29, 0.717) is 0 Å². The first-order chi connectivity index (χ1) is 12.1. The Hall–Kier alpha value is -0.900. The third-order valence-corrected chi connectivity index (χ3v) is 4.41. The highest BCUT2D eigenvalue weighted by molar-refractivity contribution is 5.73. The van der Waals surface area contributed by atoms with Crippen molar-refractivity contribution in [3.05, 3.63) is 0 Å². The Kier molecular flexibility index (Phi) is 12.8. The van der Waals surface area contributed by atoms with E-state index in [1.54, 1.807) is 0 Å². The Balaban J connectivity index is 0.000000758. The number of carboxylic acid groups (broad SMARTS) is 1. The Morgan fingerprint density at radius 2 is 1.35 bits per heavy atom. The van der Waals surface area contributed by atoms with E-state index in [1.165, 1.54) is 44.9 Å². The largest absolute Gasteiger partial charge is 0.490 e. The zero-order valence-corrected chi connectivity index (χ0v) is 15.2. The van der Waals surface area contributed by atoms with Gasteiger partial charge in [-0.05, 0) is 6.42 Å². The summed E-state index contributed by atoms with van der Waals surface area (Å²) in [4.78, 5) is 8.90. The van der Waals surface area contributed by atoms with Crippen molar-refractivity contribution in [1.82, 2.24) is 5.32 Å². The van der Waals surface area contributed by atoms with Gasteiger partial charge in [0.15, 0.2) is 0 Å². The lowest BCUT2D eigenvalue weighted by molar-refractivity contribution is -0.192. The number of alkyl halides is 3. The quantitative estimate of drug-likeness (QED) is 0.368. The van der Waals surface area contributed by atoms with Crippen molar-refractivity contribution >= 4 is 5.97 Å². The first-order valence-electron chi connectivity index (χ1n) is 9.18. The number of halogens is 3. The third kappa shape index (κ3) is 10.3. The summed E-state index contributed by atoms with van der Waals surface area (Å²) in [6, 6.07) is -0.429. The van der Waals surface area contributed by atoms with Crippen LogP contribution in [0.3, 0.4) is 0 Å². The predicted molar refractivity (Wildman–Crippen MR) is 90.7 cm³/mol. The molecule has 1 saturated heterocycles. The smallest absolute Gasteiger partial charge is 0.475 e. The van der Waals surface area contributed by atoms with E-state index in [0.717, 1.165) is 12.8 Å². The van der Waals surface area contributed by atoms with Crippen molar-refractivity contribution < 1.29 is 38.4 Å². The van der Waals surface area contributed by atoms with Crippen molar-refractivity contribution in [3.8, 4) is 0 Å². The predicted octanol–water partition coefficient (Wildman–Crippen LogP) is 2.20. The second kappa shape index (κ2) is 13.3. The molecule has 9 heteroatoms. The molecule has 0 unspecified atom stereocenters. The maximum absolute atomic E-state index is 10.6. The number of nitrogens with one attached hydrogen (secondary N) is 1. The van der Waals surface area contributed by atoms with Gasteiger partial charge in [0.25, 0.3) is 0 Å². The normalized spacial score (nSPS) is 25.7. The summed E-state index contributed by atoms with van der Waals surface area (Å²) >= 11 is 0. The van der Waals surface area contributed by atoms with Gasteiger partial charge < -0.3 is 25.7 Å². The van der Waals surface area contributed by atoms with E-state index in [4.69, 9.17) is 15.0 Å². The van der Waals surface area contributed by atoms with E-state index in [2.05, 4.69) is 12.2 Å². The SMILES string of the molecule is CCCCCCCCCC[C@@H]1N[C@@H](CO)[C@H](O)[C@@H]1O.O=C(O)C(F)(F)F. The number of carbonyl (C=O) groups is 1. The molecule has 1 aliphatic rings. The average Bonchev–Trinajstić information content (AvgIpc) is 2.84. The summed E-state index contributed by atoms with van der Waals surface area (Å²) in [6.07, 6.45) is 4.39. The van der Waals surface area contributed by atoms with Crippen LogP contribution in [0.2, 0.25) is 0 Å². The summed E-state index contributed by atoms with van der Waals surface area (Å²) in [6.45, 7) is 2.11. The van der Waals surface area contributed by atoms with Crippen LogP contribution in [0.15, 0.2) is 0 Å². The number of aliphatic carboxylic acids is 1. The zero-order valence-electron chi connectivity index (χ0n) is 15.2. The van der Waals surface area contributed by atoms with Crippen LogP contribution >= 0.6 is 0 Å². The number of aliphatic hydroxyl groups excluding tert-OH is 3. The standard InChI is InChI=1S/C15H31NO3.C2HF3O2/c1-2-3-4-5-6-7-8-9-10-12-14(18)15(19)13(11-17)16-12;3-2(4,5)1(6)7/h12-19H,2-11H2,1H3;(H,6,7)/t12-,13-,14+,15-;/m0./s1. The topological polar surface area (TPSA) is 110 Å². The number of hydrogen-bond donors (Lipinski definition) is 5. The van der Waals surface area contributed by atoms with Gasteiger partial charge in [0.05, 0.1) is 24.9 Å². The van der Waals surface area contributed by atoms with Crippen molar-refractivity contribution in [2.24, 2.45) is 0 Å². The number of rotatable bonds is 10. The van der Waals surface area contributed by atoms with Crippen molar-refractivity contribution in [3.63, 3.8) is 0 Å². The fourth-order valence-corrected chi connectivity index (χ4v) is 2.86. The van der Waals surface area contributed by atoms with Gasteiger partial charge in [0.2, 0.25) is 0 Å². The van der Waals surface area contributed by atoms with Gasteiger partial charge in [-0.3, -0.25) is 0 Å². The molecular weight excluding hydrogens is 355 g/mol. The fraction of sp³-hybridized carbons (Fsp3) is 0.941. The number of carboxylic acids is 1. The van der Waals surface area contributed by atoms with Crippen molar-refractivity contribution in [1.29, 1.82) is 0 Å². The van der Waals surface area contributed by atoms with Crippen LogP contribution in [0.5, 0.6) is 0 Å². The highest BCUT2D eigenvalue weighted by Crippen LogP contribution is 2.19. The van der Waals surface area contributed by atoms with Gasteiger partial charge in [-0.2, -0.15) is 13.2 Å². The summed E-state index contributed by atoms with van der Waals surface area (Å²) in [7, 11) is 0. The molecule has 0 spiro atoms. The van der Waals surface area contributed by atoms with Crippen LogP contribution in [0, 0.1) is 0 Å². The number of aliphatic hydroxyl groups is 3. The summed E-state index contributed by atoms with van der Waals surface area (Å²) in [5, 5.41) is 38.8. The molecule has 0 aliphatic carbocycles. The van der Waals surface area contributed by atoms with Gasteiger partial charge in [0, 0.05) is 6.04 Å². The summed E-state index contributed by atoms with van der Waals surface area (Å²) in [5.41, 5.74) is 0. The molecule has 1 heterocycles. The lowest BCUT2D eigenvalue weighted by atomic mass is 10.0. The Bertz CT molecular complexity index is 382. The molecule has 26 heavy (non-hydrogen) atoms. The molecule has 1 fully saturated rings. The fourth-order valence-electron chi connectivity index (χ4n) is 2.86. The minimum atomic E-state index is -5.08. The molecule has 156 valence electrons. The molecule has 0 saturated carbocycles. The maximum atomic E-state index is 10.6. The van der Waals surface area contributed by atoms with E-state index in [-0.39, 0.29) is 18.7 Å². The molecule has 1 rings (SSSR count). The van der Waals surface area contributed by atoms with Gasteiger partial charge in [-0.25, -0.2) is 4.79 Å². The second-order valence-electron chi connectivity index (χ2n) is 6.61. The lowest BCUT2D eigenvalue weighted by Gasteiger charge is -2.15. The molecule has 0 bridgehead atoms.